The summed E-state index contributed by atoms with van der Waals surface area (Å²) in [6, 6.07) is 14.0. The van der Waals surface area contributed by atoms with Crippen molar-refractivity contribution in [1.29, 1.82) is 0 Å². The van der Waals surface area contributed by atoms with Gasteiger partial charge in [0.05, 0.1) is 12.9 Å². The molecule has 1 aliphatic carbocycles. The number of fused-ring (bicyclic) bond motifs is 1. The number of carbonyl (C=O) groups is 1. The summed E-state index contributed by atoms with van der Waals surface area (Å²) in [5.41, 5.74) is 4.47. The molecule has 0 saturated carbocycles. The molecular weight excluding hydrogens is 442 g/mol. The number of likely N-dealkylation sites (N-methyl/N-ethyl adjacent to an activating group) is 1. The molecule has 0 radical (unpaired) electrons. The van der Waals surface area contributed by atoms with Crippen molar-refractivity contribution in [2.45, 2.75) is 51.7 Å². The predicted molar refractivity (Wildman–Crippen MR) is 128 cm³/mol. The minimum absolute atomic E-state index is 0.327. The van der Waals surface area contributed by atoms with Gasteiger partial charge in [-0.15, -0.1) is 0 Å². The molecule has 0 N–H and O–H groups in total. The second-order valence-electron chi connectivity index (χ2n) is 8.29. The van der Waals surface area contributed by atoms with Gasteiger partial charge in [-0.1, -0.05) is 18.2 Å². The molecule has 7 nitrogen and oxygen atoms in total. The summed E-state index contributed by atoms with van der Waals surface area (Å²) in [6.45, 7) is 4.45. The number of nitrogens with zero attached hydrogens (tertiary/aromatic N) is 1. The van der Waals surface area contributed by atoms with E-state index >= 15 is 0 Å². The SMILES string of the molecule is CCOC(=O)C(Cc1ccc(N(C)C2CCc3cc(OS(C)(=O)=O)ccc3C2)cc1)OCC. The standard InChI is InChI=1S/C25H33NO6S/c1-5-30-24(25(27)31-6-2)15-18-7-11-21(12-8-18)26(3)22-13-9-20-17-23(32-33(4,28)29)14-10-19(20)16-22/h7-8,10-12,14,17,22,24H,5-6,9,13,15-16H2,1-4H3. The molecule has 0 spiro atoms. The largest absolute Gasteiger partial charge is 0.464 e. The number of rotatable bonds is 10. The van der Waals surface area contributed by atoms with Gasteiger partial charge >= 0.3 is 16.1 Å². The zero-order valence-corrected chi connectivity index (χ0v) is 20.6. The molecule has 2 aromatic carbocycles. The molecule has 2 unspecified atom stereocenters. The Balaban J connectivity index is 1.65. The number of ether oxygens (including phenoxy) is 2. The highest BCUT2D eigenvalue weighted by atomic mass is 32.2. The van der Waals surface area contributed by atoms with Crippen molar-refractivity contribution in [3.05, 3.63) is 59.2 Å². The van der Waals surface area contributed by atoms with Crippen LogP contribution in [0.4, 0.5) is 5.69 Å². The molecule has 1 aliphatic rings. The second kappa shape index (κ2) is 11.0. The topological polar surface area (TPSA) is 82.1 Å². The summed E-state index contributed by atoms with van der Waals surface area (Å²) in [6.07, 6.45) is 3.64. The molecule has 0 saturated heterocycles. The molecule has 0 bridgehead atoms. The van der Waals surface area contributed by atoms with Gasteiger partial charge in [-0.3, -0.25) is 0 Å². The van der Waals surface area contributed by atoms with E-state index in [-0.39, 0.29) is 5.97 Å². The number of anilines is 1. The Kier molecular flexibility index (Phi) is 8.37. The monoisotopic (exact) mass is 475 g/mol. The van der Waals surface area contributed by atoms with E-state index in [0.717, 1.165) is 42.3 Å². The summed E-state index contributed by atoms with van der Waals surface area (Å²) >= 11 is 0. The fourth-order valence-corrected chi connectivity index (χ4v) is 4.66. The van der Waals surface area contributed by atoms with Crippen LogP contribution in [-0.4, -0.2) is 53.1 Å². The molecule has 3 rings (SSSR count). The first kappa shape index (κ1) is 25.1. The minimum atomic E-state index is -3.53. The lowest BCUT2D eigenvalue weighted by molar-refractivity contribution is -0.156. The van der Waals surface area contributed by atoms with Crippen molar-refractivity contribution in [1.82, 2.24) is 0 Å². The van der Waals surface area contributed by atoms with E-state index in [1.54, 1.807) is 13.0 Å². The van der Waals surface area contributed by atoms with Crippen LogP contribution in [0, 0.1) is 0 Å². The smallest absolute Gasteiger partial charge is 0.335 e. The Labute approximate surface area is 196 Å². The van der Waals surface area contributed by atoms with Gasteiger partial charge < -0.3 is 18.6 Å². The predicted octanol–water partition coefficient (Wildman–Crippen LogP) is 3.53. The fourth-order valence-electron chi connectivity index (χ4n) is 4.21. The van der Waals surface area contributed by atoms with Gasteiger partial charge in [-0.25, -0.2) is 4.79 Å². The third-order valence-corrected chi connectivity index (χ3v) is 6.35. The van der Waals surface area contributed by atoms with Crippen molar-refractivity contribution in [3.8, 4) is 5.75 Å². The third-order valence-electron chi connectivity index (χ3n) is 5.86. The molecule has 2 atom stereocenters. The van der Waals surface area contributed by atoms with E-state index in [4.69, 9.17) is 13.7 Å². The van der Waals surface area contributed by atoms with Gasteiger partial charge in [-0.2, -0.15) is 8.42 Å². The van der Waals surface area contributed by atoms with E-state index in [9.17, 15) is 13.2 Å². The summed E-state index contributed by atoms with van der Waals surface area (Å²) in [4.78, 5) is 14.4. The summed E-state index contributed by atoms with van der Waals surface area (Å²) in [5.74, 6) is 0.0401. The normalized spacial score (nSPS) is 16.5. The maximum absolute atomic E-state index is 12.1. The maximum atomic E-state index is 12.1. The first-order valence-electron chi connectivity index (χ1n) is 11.3. The minimum Gasteiger partial charge on any atom is -0.464 e. The van der Waals surface area contributed by atoms with Crippen molar-refractivity contribution < 1.29 is 26.9 Å². The second-order valence-corrected chi connectivity index (χ2v) is 9.87. The summed E-state index contributed by atoms with van der Waals surface area (Å²) in [5, 5.41) is 0. The molecule has 0 aromatic heterocycles. The number of hydrogen-bond acceptors (Lipinski definition) is 7. The van der Waals surface area contributed by atoms with Crippen LogP contribution >= 0.6 is 0 Å². The average molecular weight is 476 g/mol. The van der Waals surface area contributed by atoms with E-state index in [2.05, 4.69) is 24.1 Å². The van der Waals surface area contributed by atoms with Crippen LogP contribution in [0.15, 0.2) is 42.5 Å². The van der Waals surface area contributed by atoms with Gasteiger partial charge in [0.25, 0.3) is 0 Å². The molecular formula is C25H33NO6S. The fraction of sp³-hybridized carbons (Fsp3) is 0.480. The van der Waals surface area contributed by atoms with Gasteiger partial charge in [0.1, 0.15) is 5.75 Å². The molecule has 0 amide bonds. The zero-order chi connectivity index (χ0) is 24.0. The van der Waals surface area contributed by atoms with E-state index in [1.165, 1.54) is 5.56 Å². The third kappa shape index (κ3) is 6.95. The van der Waals surface area contributed by atoms with Crippen LogP contribution in [0.1, 0.15) is 37.0 Å². The number of hydrogen-bond donors (Lipinski definition) is 0. The zero-order valence-electron chi connectivity index (χ0n) is 19.7. The first-order chi connectivity index (χ1) is 15.7. The summed E-state index contributed by atoms with van der Waals surface area (Å²) in [7, 11) is -1.44. The van der Waals surface area contributed by atoms with Gasteiger partial charge in [0.15, 0.2) is 6.10 Å². The molecule has 0 heterocycles. The lowest BCUT2D eigenvalue weighted by Crippen LogP contribution is -2.36. The van der Waals surface area contributed by atoms with E-state index in [0.29, 0.717) is 31.4 Å². The molecule has 0 fully saturated rings. The first-order valence-corrected chi connectivity index (χ1v) is 13.1. The summed E-state index contributed by atoms with van der Waals surface area (Å²) < 4.78 is 38.5. The van der Waals surface area contributed by atoms with Crippen LogP contribution in [0.3, 0.4) is 0 Å². The Bertz CT molecular complexity index is 1050. The lowest BCUT2D eigenvalue weighted by Gasteiger charge is -2.34. The quantitative estimate of drug-likeness (QED) is 0.384. The highest BCUT2D eigenvalue weighted by Crippen LogP contribution is 2.30. The van der Waals surface area contributed by atoms with Crippen LogP contribution in [0.2, 0.25) is 0 Å². The molecule has 0 aliphatic heterocycles. The maximum Gasteiger partial charge on any atom is 0.335 e. The van der Waals surface area contributed by atoms with Crippen molar-refractivity contribution in [3.63, 3.8) is 0 Å². The van der Waals surface area contributed by atoms with Gasteiger partial charge in [0, 0.05) is 31.8 Å². The van der Waals surface area contributed by atoms with Crippen LogP contribution < -0.4 is 9.08 Å². The van der Waals surface area contributed by atoms with Crippen molar-refractivity contribution in [2.75, 3.05) is 31.4 Å². The number of esters is 1. The Hall–Kier alpha value is -2.58. The lowest BCUT2D eigenvalue weighted by atomic mass is 9.87. The van der Waals surface area contributed by atoms with Crippen LogP contribution in [0.5, 0.6) is 5.75 Å². The van der Waals surface area contributed by atoms with Crippen LogP contribution in [-0.2, 0) is 43.6 Å². The molecule has 2 aromatic rings. The Morgan fingerprint density at radius 3 is 2.45 bits per heavy atom. The molecule has 33 heavy (non-hydrogen) atoms. The van der Waals surface area contributed by atoms with Crippen molar-refractivity contribution in [2.24, 2.45) is 0 Å². The Morgan fingerprint density at radius 2 is 1.82 bits per heavy atom. The van der Waals surface area contributed by atoms with Gasteiger partial charge in [0.2, 0.25) is 0 Å². The number of carbonyl (C=O) groups excluding carboxylic acids is 1. The molecule has 8 heteroatoms. The van der Waals surface area contributed by atoms with Crippen LogP contribution in [0.25, 0.3) is 0 Å². The van der Waals surface area contributed by atoms with Crippen molar-refractivity contribution >= 4 is 21.8 Å². The number of aryl methyl sites for hydroxylation is 1. The highest BCUT2D eigenvalue weighted by molar-refractivity contribution is 7.86. The van der Waals surface area contributed by atoms with E-state index < -0.39 is 16.2 Å². The molecule has 180 valence electrons. The van der Waals surface area contributed by atoms with E-state index in [1.807, 2.05) is 31.2 Å². The van der Waals surface area contributed by atoms with Gasteiger partial charge in [-0.05, 0) is 74.1 Å². The highest BCUT2D eigenvalue weighted by Gasteiger charge is 2.24. The average Bonchev–Trinajstić information content (AvgIpc) is 2.77. The Morgan fingerprint density at radius 1 is 1.09 bits per heavy atom. The number of benzene rings is 2.